The lowest BCUT2D eigenvalue weighted by Crippen LogP contribution is -2.55. The van der Waals surface area contributed by atoms with Gasteiger partial charge in [0.25, 0.3) is 17.4 Å². The summed E-state index contributed by atoms with van der Waals surface area (Å²) in [6.07, 6.45) is 7.50. The summed E-state index contributed by atoms with van der Waals surface area (Å²) in [5, 5.41) is 7.98. The van der Waals surface area contributed by atoms with Gasteiger partial charge in [-0.25, -0.2) is 19.5 Å². The molecule has 6 heterocycles. The summed E-state index contributed by atoms with van der Waals surface area (Å²) in [7, 11) is 0. The Balaban J connectivity index is 0.757. The first-order chi connectivity index (χ1) is 28.6. The monoisotopic (exact) mass is 803 g/mol. The minimum Gasteiger partial charge on any atom is -0.397 e. The third kappa shape index (κ3) is 8.88. The summed E-state index contributed by atoms with van der Waals surface area (Å²) in [6.45, 7) is 10.2. The number of nitrogens with one attached hydrogen (secondary N) is 1. The van der Waals surface area contributed by atoms with Crippen LogP contribution >= 0.6 is 0 Å². The molecule has 0 spiro atoms. The van der Waals surface area contributed by atoms with Gasteiger partial charge < -0.3 is 29.9 Å². The maximum Gasteiger partial charge on any atom is 0.274 e. The molecule has 59 heavy (non-hydrogen) atoms. The van der Waals surface area contributed by atoms with Crippen molar-refractivity contribution >= 4 is 34.2 Å². The first-order valence-electron chi connectivity index (χ1n) is 20.5. The first-order valence-corrected chi connectivity index (χ1v) is 20.5. The Morgan fingerprint density at radius 2 is 1.53 bits per heavy atom. The van der Waals surface area contributed by atoms with Gasteiger partial charge in [0.05, 0.1) is 40.9 Å². The van der Waals surface area contributed by atoms with E-state index in [0.717, 1.165) is 63.4 Å². The van der Waals surface area contributed by atoms with Crippen LogP contribution in [0.5, 0.6) is 0 Å². The van der Waals surface area contributed by atoms with Gasteiger partial charge in [-0.3, -0.25) is 24.1 Å². The van der Waals surface area contributed by atoms with Gasteiger partial charge >= 0.3 is 0 Å². The number of rotatable bonds is 10. The zero-order valence-electron chi connectivity index (χ0n) is 33.4. The van der Waals surface area contributed by atoms with E-state index in [1.807, 2.05) is 34.7 Å². The Morgan fingerprint density at radius 3 is 2.24 bits per heavy atom. The van der Waals surface area contributed by atoms with Crippen molar-refractivity contribution in [2.24, 2.45) is 5.92 Å². The lowest BCUT2D eigenvalue weighted by Gasteiger charge is -2.40. The highest BCUT2D eigenvalue weighted by molar-refractivity contribution is 5.98. The third-order valence-electron chi connectivity index (χ3n) is 12.0. The number of aromatic nitrogens is 5. The topological polar surface area (TPSA) is 170 Å². The van der Waals surface area contributed by atoms with Crippen molar-refractivity contribution in [3.05, 3.63) is 106 Å². The molecular formula is C43H50FN11O4. The number of fused-ring (bicyclic) bond motifs is 1. The number of nitrogens with two attached hydrogens (primary N) is 1. The van der Waals surface area contributed by atoms with E-state index in [1.165, 1.54) is 6.07 Å². The number of amides is 3. The lowest BCUT2D eigenvalue weighted by molar-refractivity contribution is -0.134. The number of nitrogen functional groups attached to an aromatic ring is 1. The summed E-state index contributed by atoms with van der Waals surface area (Å²) >= 11 is 0. The van der Waals surface area contributed by atoms with E-state index in [1.54, 1.807) is 52.7 Å². The van der Waals surface area contributed by atoms with Crippen molar-refractivity contribution in [1.82, 2.24) is 49.2 Å². The number of carbonyl (C=O) groups is 3. The maximum absolute atomic E-state index is 15.0. The number of piperidine rings is 1. The van der Waals surface area contributed by atoms with Gasteiger partial charge in [-0.2, -0.15) is 5.10 Å². The van der Waals surface area contributed by atoms with Gasteiger partial charge in [0, 0.05) is 108 Å². The molecule has 0 atom stereocenters. The zero-order valence-corrected chi connectivity index (χ0v) is 33.4. The molecule has 2 aromatic carbocycles. The number of halogens is 1. The molecule has 3 fully saturated rings. The van der Waals surface area contributed by atoms with Crippen LogP contribution in [0.25, 0.3) is 22.0 Å². The van der Waals surface area contributed by atoms with Crippen molar-refractivity contribution in [3.8, 4) is 11.3 Å². The Morgan fingerprint density at radius 1 is 0.831 bits per heavy atom. The molecule has 0 saturated carbocycles. The largest absolute Gasteiger partial charge is 0.397 e. The quantitative estimate of drug-likeness (QED) is 0.214. The van der Waals surface area contributed by atoms with Gasteiger partial charge in [0.2, 0.25) is 5.91 Å². The Hall–Kier alpha value is -6.00. The fraction of sp³-hybridized carbons (Fsp3) is 0.419. The Labute approximate surface area is 341 Å². The molecule has 0 bridgehead atoms. The average molecular weight is 804 g/mol. The Kier molecular flexibility index (Phi) is 11.8. The molecule has 3 amide bonds. The van der Waals surface area contributed by atoms with Gasteiger partial charge in [-0.05, 0) is 55.5 Å². The van der Waals surface area contributed by atoms with Crippen LogP contribution in [0.4, 0.5) is 10.1 Å². The molecule has 3 saturated heterocycles. The molecule has 15 nitrogen and oxygen atoms in total. The highest BCUT2D eigenvalue weighted by Crippen LogP contribution is 2.25. The highest BCUT2D eigenvalue weighted by Gasteiger charge is 2.31. The average Bonchev–Trinajstić information content (AvgIpc) is 3.76. The van der Waals surface area contributed by atoms with E-state index in [0.29, 0.717) is 85.9 Å². The minimum absolute atomic E-state index is 0.0196. The van der Waals surface area contributed by atoms with Crippen molar-refractivity contribution in [2.45, 2.75) is 32.7 Å². The molecule has 3 aromatic heterocycles. The maximum atomic E-state index is 15.0. The molecule has 3 N–H and O–H groups in total. The number of carbonyl (C=O) groups excluding carboxylic acids is 3. The van der Waals surface area contributed by atoms with Crippen LogP contribution in [0.15, 0.2) is 72.0 Å². The number of hydrogen-bond donors (Lipinski definition) is 2. The number of imidazole rings is 1. The van der Waals surface area contributed by atoms with Gasteiger partial charge in [-0.15, -0.1) is 0 Å². The number of benzene rings is 2. The molecule has 5 aromatic rings. The van der Waals surface area contributed by atoms with E-state index in [2.05, 4.69) is 30.0 Å². The van der Waals surface area contributed by atoms with Crippen LogP contribution in [0, 0.1) is 11.7 Å². The van der Waals surface area contributed by atoms with Crippen LogP contribution in [0.3, 0.4) is 0 Å². The van der Waals surface area contributed by atoms with Crippen LogP contribution < -0.4 is 11.3 Å². The van der Waals surface area contributed by atoms with E-state index < -0.39 is 11.7 Å². The second-order valence-electron chi connectivity index (χ2n) is 15.8. The number of nitrogens with zero attached hydrogens (tertiary/aromatic N) is 9. The number of piperazine rings is 2. The number of aromatic amines is 1. The minimum atomic E-state index is -0.603. The third-order valence-corrected chi connectivity index (χ3v) is 12.0. The standard InChI is InChI=1S/C43H50FN11O4/c1-2-50-26-38(47-28-50)31-23-36(45)40(46-24-31)43(59)54-11-9-29(10-12-54)25-51-13-15-52(16-14-51)27-39(56)53-17-19-55(20-18-53)42(58)34-21-30(7-8-35(34)44)22-37-32-5-3-4-6-33(32)41(57)49-48-37/h3-8,21,23-24,26,28-29H,2,9-20,22,25,27,45H2,1H3,(H,49,57). The van der Waals surface area contributed by atoms with Crippen LogP contribution in [0.2, 0.25) is 0 Å². The number of pyridine rings is 1. The normalized spacial score (nSPS) is 17.2. The van der Waals surface area contributed by atoms with Gasteiger partial charge in [0.15, 0.2) is 5.69 Å². The molecule has 3 aliphatic rings. The smallest absolute Gasteiger partial charge is 0.274 e. The van der Waals surface area contributed by atoms with Crippen molar-refractivity contribution in [3.63, 3.8) is 0 Å². The highest BCUT2D eigenvalue weighted by atomic mass is 19.1. The lowest BCUT2D eigenvalue weighted by atomic mass is 9.95. The summed E-state index contributed by atoms with van der Waals surface area (Å²) in [4.78, 5) is 71.2. The molecular weight excluding hydrogens is 754 g/mol. The predicted molar refractivity (Wildman–Crippen MR) is 221 cm³/mol. The van der Waals surface area contributed by atoms with Gasteiger partial charge in [0.1, 0.15) is 5.82 Å². The molecule has 8 rings (SSSR count). The van der Waals surface area contributed by atoms with E-state index in [4.69, 9.17) is 5.73 Å². The number of aryl methyl sites for hydroxylation is 1. The second-order valence-corrected chi connectivity index (χ2v) is 15.8. The summed E-state index contributed by atoms with van der Waals surface area (Å²) < 4.78 is 17.0. The first kappa shape index (κ1) is 39.8. The van der Waals surface area contributed by atoms with Gasteiger partial charge in [-0.1, -0.05) is 24.3 Å². The molecule has 16 heteroatoms. The van der Waals surface area contributed by atoms with Crippen molar-refractivity contribution in [1.29, 1.82) is 0 Å². The SMILES string of the molecule is CCn1cnc(-c2cnc(C(=O)N3CCC(CN4CCN(CC(=O)N5CCN(C(=O)c6cc(Cc7n[nH]c(=O)c8ccccc78)ccc6F)CC5)CC4)CC3)c(N)c2)c1. The van der Waals surface area contributed by atoms with E-state index in [-0.39, 0.29) is 28.6 Å². The summed E-state index contributed by atoms with van der Waals surface area (Å²) in [5.41, 5.74) is 9.53. The van der Waals surface area contributed by atoms with Crippen LogP contribution in [0.1, 0.15) is 51.9 Å². The zero-order chi connectivity index (χ0) is 41.0. The van der Waals surface area contributed by atoms with Crippen LogP contribution in [-0.4, -0.2) is 145 Å². The number of hydrogen-bond acceptors (Lipinski definition) is 10. The number of H-pyrrole nitrogens is 1. The molecule has 0 unspecified atom stereocenters. The summed E-state index contributed by atoms with van der Waals surface area (Å²) in [5.74, 6) is -0.629. The Bertz CT molecular complexity index is 2390. The predicted octanol–water partition coefficient (Wildman–Crippen LogP) is 2.97. The molecule has 308 valence electrons. The number of anilines is 1. The van der Waals surface area contributed by atoms with E-state index in [9.17, 15) is 19.2 Å². The fourth-order valence-electron chi connectivity index (χ4n) is 8.41. The molecule has 3 aliphatic heterocycles. The second kappa shape index (κ2) is 17.5. The van der Waals surface area contributed by atoms with Crippen LogP contribution in [-0.2, 0) is 17.8 Å². The fourth-order valence-corrected chi connectivity index (χ4v) is 8.41. The molecule has 0 aliphatic carbocycles. The summed E-state index contributed by atoms with van der Waals surface area (Å²) in [6, 6.07) is 13.4. The van der Waals surface area contributed by atoms with Crippen molar-refractivity contribution < 1.29 is 18.8 Å². The molecule has 0 radical (unpaired) electrons. The number of likely N-dealkylation sites (tertiary alicyclic amines) is 1. The van der Waals surface area contributed by atoms with E-state index >= 15 is 4.39 Å². The van der Waals surface area contributed by atoms with Crippen molar-refractivity contribution in [2.75, 3.05) is 84.3 Å².